The highest BCUT2D eigenvalue weighted by Gasteiger charge is 2.32. The summed E-state index contributed by atoms with van der Waals surface area (Å²) in [7, 11) is 0. The van der Waals surface area contributed by atoms with Gasteiger partial charge < -0.3 is 20.2 Å². The van der Waals surface area contributed by atoms with Gasteiger partial charge in [-0.2, -0.15) is 5.26 Å². The van der Waals surface area contributed by atoms with E-state index in [1.165, 1.54) is 0 Å². The lowest BCUT2D eigenvalue weighted by Gasteiger charge is -2.37. The Morgan fingerprint density at radius 2 is 2.00 bits per heavy atom. The number of nitrogens with zero attached hydrogens (tertiary/aromatic N) is 3. The van der Waals surface area contributed by atoms with Crippen molar-refractivity contribution < 1.29 is 9.90 Å². The van der Waals surface area contributed by atoms with Crippen LogP contribution in [0.1, 0.15) is 13.3 Å². The predicted octanol–water partition coefficient (Wildman–Crippen LogP) is 0.393. The summed E-state index contributed by atoms with van der Waals surface area (Å²) in [5.74, 6) is 0.0549. The minimum Gasteiger partial charge on any atom is -0.392 e. The molecule has 0 aliphatic carbocycles. The molecule has 6 heteroatoms. The molecule has 0 aromatic heterocycles. The second-order valence-corrected chi connectivity index (χ2v) is 5.78. The van der Waals surface area contributed by atoms with Gasteiger partial charge >= 0.3 is 0 Å². The van der Waals surface area contributed by atoms with Crippen LogP contribution < -0.4 is 5.32 Å². The van der Waals surface area contributed by atoms with Crippen molar-refractivity contribution in [3.8, 4) is 6.07 Å². The Morgan fingerprint density at radius 1 is 1.35 bits per heavy atom. The van der Waals surface area contributed by atoms with Gasteiger partial charge in [-0.1, -0.05) is 12.7 Å². The maximum Gasteiger partial charge on any atom is 0.239 e. The van der Waals surface area contributed by atoms with Crippen molar-refractivity contribution in [2.75, 3.05) is 32.7 Å². The van der Waals surface area contributed by atoms with Gasteiger partial charge in [0.25, 0.3) is 0 Å². The molecule has 2 saturated heterocycles. The van der Waals surface area contributed by atoms with Gasteiger partial charge in [-0.15, -0.1) is 0 Å². The minimum atomic E-state index is -0.431. The molecule has 2 rings (SSSR count). The topological polar surface area (TPSA) is 79.6 Å². The Balaban J connectivity index is 1.99. The van der Waals surface area contributed by atoms with E-state index in [2.05, 4.69) is 22.9 Å². The Labute approximate surface area is 137 Å². The summed E-state index contributed by atoms with van der Waals surface area (Å²) >= 11 is 0. The van der Waals surface area contributed by atoms with Crippen LogP contribution in [0.15, 0.2) is 36.1 Å². The number of nitrogens with one attached hydrogen (secondary N) is 1. The zero-order valence-corrected chi connectivity index (χ0v) is 13.5. The number of piperazine rings is 1. The highest BCUT2D eigenvalue weighted by Crippen LogP contribution is 2.17. The van der Waals surface area contributed by atoms with Crippen LogP contribution in [0.4, 0.5) is 0 Å². The molecule has 2 heterocycles. The molecule has 2 aliphatic heterocycles. The van der Waals surface area contributed by atoms with Crippen molar-refractivity contribution in [1.29, 1.82) is 5.26 Å². The molecule has 0 saturated carbocycles. The second-order valence-electron chi connectivity index (χ2n) is 5.78. The quantitative estimate of drug-likeness (QED) is 0.579. The molecule has 0 spiro atoms. The summed E-state index contributed by atoms with van der Waals surface area (Å²) in [5.41, 5.74) is 1.40. The van der Waals surface area contributed by atoms with E-state index in [1.807, 2.05) is 17.9 Å². The van der Waals surface area contributed by atoms with Crippen LogP contribution in [-0.4, -0.2) is 65.7 Å². The smallest absolute Gasteiger partial charge is 0.239 e. The average molecular weight is 316 g/mol. The Kier molecular flexibility index (Phi) is 5.97. The molecule has 2 aliphatic rings. The van der Waals surface area contributed by atoms with Crippen LogP contribution in [-0.2, 0) is 4.79 Å². The lowest BCUT2D eigenvalue weighted by molar-refractivity contribution is -0.134. The number of carbonyl (C=O) groups excluding carboxylic acids is 1. The summed E-state index contributed by atoms with van der Waals surface area (Å²) in [6, 6.07) is 1.92. The predicted molar refractivity (Wildman–Crippen MR) is 88.2 cm³/mol. The summed E-state index contributed by atoms with van der Waals surface area (Å²) in [6.07, 6.45) is 5.36. The number of hydrogen-bond donors (Lipinski definition) is 2. The Hall–Kier alpha value is -2.10. The van der Waals surface area contributed by atoms with Gasteiger partial charge in [0.05, 0.1) is 23.4 Å². The van der Waals surface area contributed by atoms with Gasteiger partial charge in [0.1, 0.15) is 6.07 Å². The van der Waals surface area contributed by atoms with E-state index in [1.54, 1.807) is 12.2 Å². The number of amides is 1. The van der Waals surface area contributed by atoms with Crippen LogP contribution >= 0.6 is 0 Å². The maximum absolute atomic E-state index is 12.4. The molecule has 0 aromatic rings. The van der Waals surface area contributed by atoms with E-state index in [9.17, 15) is 15.2 Å². The fourth-order valence-electron chi connectivity index (χ4n) is 3.05. The SMILES string of the molecule is C=C/C(=C(C#N)\C=C/C)N1CCN(C(=O)[C@@H]2C[C@@H](O)CN2)CC1. The molecule has 0 bridgehead atoms. The first kappa shape index (κ1) is 17.3. The van der Waals surface area contributed by atoms with Crippen LogP contribution in [0, 0.1) is 11.3 Å². The summed E-state index contributed by atoms with van der Waals surface area (Å²) in [6.45, 7) is 8.73. The fourth-order valence-corrected chi connectivity index (χ4v) is 3.05. The van der Waals surface area contributed by atoms with Crippen molar-refractivity contribution in [3.05, 3.63) is 36.1 Å². The van der Waals surface area contributed by atoms with Gasteiger partial charge in [0.2, 0.25) is 5.91 Å². The molecular weight excluding hydrogens is 292 g/mol. The fraction of sp³-hybridized carbons (Fsp3) is 0.529. The van der Waals surface area contributed by atoms with Crippen LogP contribution in [0.3, 0.4) is 0 Å². The number of allylic oxidation sites excluding steroid dienone is 4. The normalized spacial score (nSPS) is 26.1. The molecule has 2 atom stereocenters. The largest absolute Gasteiger partial charge is 0.392 e. The lowest BCUT2D eigenvalue weighted by atomic mass is 10.1. The van der Waals surface area contributed by atoms with Crippen LogP contribution in [0.5, 0.6) is 0 Å². The van der Waals surface area contributed by atoms with Gasteiger partial charge in [-0.3, -0.25) is 4.79 Å². The molecule has 2 N–H and O–H groups in total. The van der Waals surface area contributed by atoms with E-state index < -0.39 is 6.10 Å². The average Bonchev–Trinajstić information content (AvgIpc) is 3.01. The van der Waals surface area contributed by atoms with Crippen LogP contribution in [0.2, 0.25) is 0 Å². The molecule has 1 amide bonds. The van der Waals surface area contributed by atoms with Gasteiger partial charge in [0.15, 0.2) is 0 Å². The minimum absolute atomic E-state index is 0.0549. The first-order chi connectivity index (χ1) is 11.1. The van der Waals surface area contributed by atoms with Crippen molar-refractivity contribution in [2.24, 2.45) is 0 Å². The van der Waals surface area contributed by atoms with E-state index >= 15 is 0 Å². The maximum atomic E-state index is 12.4. The summed E-state index contributed by atoms with van der Waals surface area (Å²) in [4.78, 5) is 16.3. The third-order valence-electron chi connectivity index (χ3n) is 4.26. The van der Waals surface area contributed by atoms with E-state index in [0.717, 1.165) is 5.70 Å². The molecule has 23 heavy (non-hydrogen) atoms. The zero-order chi connectivity index (χ0) is 16.8. The Bertz CT molecular complexity index is 553. The van der Waals surface area contributed by atoms with Crippen molar-refractivity contribution >= 4 is 5.91 Å². The van der Waals surface area contributed by atoms with E-state index in [0.29, 0.717) is 44.7 Å². The van der Waals surface area contributed by atoms with Gasteiger partial charge in [0, 0.05) is 32.7 Å². The van der Waals surface area contributed by atoms with Crippen LogP contribution in [0.25, 0.3) is 0 Å². The number of aliphatic hydroxyl groups excluding tert-OH is 1. The number of aliphatic hydroxyl groups is 1. The standard InChI is InChI=1S/C17H24N4O2/c1-3-5-13(11-18)16(4-2)20-6-8-21(9-7-20)17(23)15-10-14(22)12-19-15/h3-5,14-15,19,22H,2,6-10,12H2,1H3/b5-3-,16-13-/t14-,15+/m1/s1. The molecule has 0 radical (unpaired) electrons. The van der Waals surface area contributed by atoms with Gasteiger partial charge in [-0.25, -0.2) is 0 Å². The zero-order valence-electron chi connectivity index (χ0n) is 13.5. The first-order valence-corrected chi connectivity index (χ1v) is 7.95. The first-order valence-electron chi connectivity index (χ1n) is 7.95. The van der Waals surface area contributed by atoms with Crippen molar-refractivity contribution in [2.45, 2.75) is 25.5 Å². The lowest BCUT2D eigenvalue weighted by Crippen LogP contribution is -2.52. The third kappa shape index (κ3) is 4.01. The third-order valence-corrected chi connectivity index (χ3v) is 4.26. The highest BCUT2D eigenvalue weighted by atomic mass is 16.3. The number of rotatable bonds is 4. The molecule has 124 valence electrons. The molecule has 0 aromatic carbocycles. The molecule has 2 fully saturated rings. The highest BCUT2D eigenvalue weighted by molar-refractivity contribution is 5.82. The number of nitriles is 1. The molecule has 6 nitrogen and oxygen atoms in total. The molecule has 0 unspecified atom stereocenters. The van der Waals surface area contributed by atoms with Crippen molar-refractivity contribution in [3.63, 3.8) is 0 Å². The monoisotopic (exact) mass is 316 g/mol. The molecular formula is C17H24N4O2. The second kappa shape index (κ2) is 7.95. The van der Waals surface area contributed by atoms with Crippen molar-refractivity contribution in [1.82, 2.24) is 15.1 Å². The summed E-state index contributed by atoms with van der Waals surface area (Å²) in [5, 5.41) is 21.9. The number of carbonyl (C=O) groups is 1. The number of β-amino-alcohol motifs (C(OH)–C–C–N with tert-alkyl or cyclic N) is 1. The summed E-state index contributed by atoms with van der Waals surface area (Å²) < 4.78 is 0. The Morgan fingerprint density at radius 3 is 2.48 bits per heavy atom. The van der Waals surface area contributed by atoms with Gasteiger partial charge in [-0.05, 0) is 25.5 Å². The van der Waals surface area contributed by atoms with E-state index in [4.69, 9.17) is 0 Å². The number of hydrogen-bond acceptors (Lipinski definition) is 5. The van der Waals surface area contributed by atoms with E-state index in [-0.39, 0.29) is 11.9 Å².